The Balaban J connectivity index is 2.19. The smallest absolute Gasteiger partial charge is 0.306 e. The quantitative estimate of drug-likeness (QED) is 0.632. The van der Waals surface area contributed by atoms with E-state index in [1.165, 1.54) is 0 Å². The molecule has 0 bridgehead atoms. The van der Waals surface area contributed by atoms with Crippen LogP contribution < -0.4 is 4.90 Å². The molecule has 144 valence electrons. The van der Waals surface area contributed by atoms with Crippen LogP contribution in [-0.2, 0) is 16.0 Å². The van der Waals surface area contributed by atoms with Crippen molar-refractivity contribution in [3.63, 3.8) is 0 Å². The van der Waals surface area contributed by atoms with Crippen molar-refractivity contribution in [3.05, 3.63) is 23.3 Å². The van der Waals surface area contributed by atoms with Gasteiger partial charge in [-0.05, 0) is 65.0 Å². The number of anilines is 1. The Hall–Kier alpha value is -2.04. The molecule has 0 spiro atoms. The van der Waals surface area contributed by atoms with E-state index in [0.29, 0.717) is 37.2 Å². The summed E-state index contributed by atoms with van der Waals surface area (Å²) in [6, 6.07) is 3.46. The second-order valence-corrected chi connectivity index (χ2v) is 8.76. The van der Waals surface area contributed by atoms with Crippen molar-refractivity contribution in [2.75, 3.05) is 11.4 Å². The third kappa shape index (κ3) is 4.37. The maximum atomic E-state index is 12.0. The highest BCUT2D eigenvalue weighted by atomic mass is 16.6. The summed E-state index contributed by atoms with van der Waals surface area (Å²) in [4.78, 5) is 25.4. The second kappa shape index (κ2) is 7.29. The summed E-state index contributed by atoms with van der Waals surface area (Å²) in [6.45, 7) is 12.8. The molecule has 5 heteroatoms. The number of ether oxygens (including phenoxy) is 1. The lowest BCUT2D eigenvalue weighted by atomic mass is 9.77. The van der Waals surface area contributed by atoms with Crippen LogP contribution >= 0.6 is 0 Å². The Labute approximate surface area is 156 Å². The maximum Gasteiger partial charge on any atom is 0.306 e. The van der Waals surface area contributed by atoms with Gasteiger partial charge in [0, 0.05) is 30.3 Å². The third-order valence-corrected chi connectivity index (χ3v) is 5.26. The molecule has 0 aromatic heterocycles. The van der Waals surface area contributed by atoms with Gasteiger partial charge in [-0.1, -0.05) is 6.92 Å². The fourth-order valence-corrected chi connectivity index (χ4v) is 3.49. The van der Waals surface area contributed by atoms with E-state index in [-0.39, 0.29) is 17.3 Å². The van der Waals surface area contributed by atoms with Crippen LogP contribution in [0.3, 0.4) is 0 Å². The van der Waals surface area contributed by atoms with Crippen LogP contribution in [0.25, 0.3) is 0 Å². The molecule has 2 rings (SSSR count). The van der Waals surface area contributed by atoms with Crippen molar-refractivity contribution < 1.29 is 19.4 Å². The Morgan fingerprint density at radius 3 is 2.62 bits per heavy atom. The fraction of sp³-hybridized carbons (Fsp3) is 0.619. The zero-order valence-electron chi connectivity index (χ0n) is 16.8. The molecular weight excluding hydrogens is 330 g/mol. The molecule has 5 nitrogen and oxygen atoms in total. The van der Waals surface area contributed by atoms with Gasteiger partial charge in [-0.3, -0.25) is 9.59 Å². The van der Waals surface area contributed by atoms with E-state index < -0.39 is 5.60 Å². The number of benzene rings is 1. The summed E-state index contributed by atoms with van der Waals surface area (Å²) >= 11 is 0. The predicted octanol–water partition coefficient (Wildman–Crippen LogP) is 4.10. The summed E-state index contributed by atoms with van der Waals surface area (Å²) in [6.07, 6.45) is 2.56. The molecule has 1 aliphatic rings. The minimum atomic E-state index is -0.473. The van der Waals surface area contributed by atoms with Crippen LogP contribution in [0.2, 0.25) is 0 Å². The van der Waals surface area contributed by atoms with Gasteiger partial charge in [0.15, 0.2) is 6.29 Å². The van der Waals surface area contributed by atoms with Crippen LogP contribution in [0.5, 0.6) is 5.75 Å². The number of carbonyl (C=O) groups excluding carboxylic acids is 2. The van der Waals surface area contributed by atoms with Gasteiger partial charge in [-0.2, -0.15) is 0 Å². The van der Waals surface area contributed by atoms with E-state index in [4.69, 9.17) is 4.74 Å². The number of hydrogen-bond acceptors (Lipinski definition) is 5. The molecule has 1 aliphatic heterocycles. The first-order valence-electron chi connectivity index (χ1n) is 9.26. The fourth-order valence-electron chi connectivity index (χ4n) is 3.49. The molecular formula is C21H31NO4. The molecule has 0 saturated carbocycles. The monoisotopic (exact) mass is 361 g/mol. The van der Waals surface area contributed by atoms with Crippen LogP contribution in [0, 0.1) is 5.92 Å². The first-order chi connectivity index (χ1) is 12.0. The van der Waals surface area contributed by atoms with Crippen LogP contribution in [0.15, 0.2) is 12.1 Å². The molecule has 1 aromatic carbocycles. The van der Waals surface area contributed by atoms with E-state index in [0.717, 1.165) is 17.7 Å². The van der Waals surface area contributed by atoms with Crippen LogP contribution in [0.1, 0.15) is 70.3 Å². The number of rotatable bonds is 5. The first-order valence-corrected chi connectivity index (χ1v) is 9.26. The summed E-state index contributed by atoms with van der Waals surface area (Å²) in [5.41, 5.74) is 1.74. The molecule has 26 heavy (non-hydrogen) atoms. The van der Waals surface area contributed by atoms with E-state index in [1.54, 1.807) is 12.1 Å². The lowest BCUT2D eigenvalue weighted by molar-refractivity contribution is -0.154. The maximum absolute atomic E-state index is 12.0. The first kappa shape index (κ1) is 20.3. The van der Waals surface area contributed by atoms with Gasteiger partial charge in [0.2, 0.25) is 0 Å². The highest BCUT2D eigenvalue weighted by Crippen LogP contribution is 2.42. The van der Waals surface area contributed by atoms with E-state index in [1.807, 2.05) is 20.8 Å². The van der Waals surface area contributed by atoms with E-state index in [2.05, 4.69) is 25.7 Å². The number of carbonyl (C=O) groups is 2. The lowest BCUT2D eigenvalue weighted by Crippen LogP contribution is -2.53. The average molecular weight is 361 g/mol. The summed E-state index contributed by atoms with van der Waals surface area (Å²) in [7, 11) is 0. The summed E-state index contributed by atoms with van der Waals surface area (Å²) in [5.74, 6) is 0.182. The van der Waals surface area contributed by atoms with Crippen LogP contribution in [-0.4, -0.2) is 35.0 Å². The SMILES string of the molecule is CC1Cc2cc(C=O)c(O)cc2N(CCCC(=O)OC(C)(C)C)C1(C)C. The van der Waals surface area contributed by atoms with Gasteiger partial charge in [-0.15, -0.1) is 0 Å². The van der Waals surface area contributed by atoms with Gasteiger partial charge >= 0.3 is 5.97 Å². The molecule has 0 radical (unpaired) electrons. The minimum Gasteiger partial charge on any atom is -0.507 e. The molecule has 0 amide bonds. The van der Waals surface area contributed by atoms with Gasteiger partial charge in [0.25, 0.3) is 0 Å². The highest BCUT2D eigenvalue weighted by molar-refractivity contribution is 5.82. The van der Waals surface area contributed by atoms with E-state index in [9.17, 15) is 14.7 Å². The van der Waals surface area contributed by atoms with Crippen molar-refractivity contribution in [2.24, 2.45) is 5.92 Å². The Bertz CT molecular complexity index is 688. The standard InChI is InChI=1S/C21H31NO4/c1-14-10-15-11-16(13-23)18(24)12-17(15)22(21(14,5)6)9-7-8-19(25)26-20(2,3)4/h11-14,24H,7-10H2,1-6H3. The minimum absolute atomic E-state index is 0.00115. The topological polar surface area (TPSA) is 66.8 Å². The summed E-state index contributed by atoms with van der Waals surface area (Å²) in [5, 5.41) is 10.1. The second-order valence-electron chi connectivity index (χ2n) is 8.76. The molecule has 1 unspecified atom stereocenters. The normalized spacial score (nSPS) is 19.0. The van der Waals surface area contributed by atoms with Crippen molar-refractivity contribution in [1.29, 1.82) is 0 Å². The lowest BCUT2D eigenvalue weighted by Gasteiger charge is -2.49. The Morgan fingerprint density at radius 1 is 1.38 bits per heavy atom. The molecule has 1 atom stereocenters. The number of phenols is 1. The molecule has 0 saturated heterocycles. The Morgan fingerprint density at radius 2 is 2.04 bits per heavy atom. The van der Waals surface area contributed by atoms with Gasteiger partial charge in [0.05, 0.1) is 5.56 Å². The zero-order chi connectivity index (χ0) is 19.7. The summed E-state index contributed by atoms with van der Waals surface area (Å²) < 4.78 is 5.38. The number of fused-ring (bicyclic) bond motifs is 1. The number of nitrogens with zero attached hydrogens (tertiary/aromatic N) is 1. The molecule has 0 aliphatic carbocycles. The predicted molar refractivity (Wildman–Crippen MR) is 103 cm³/mol. The molecule has 1 N–H and O–H groups in total. The van der Waals surface area contributed by atoms with Crippen LogP contribution in [0.4, 0.5) is 5.69 Å². The van der Waals surface area contributed by atoms with Gasteiger partial charge in [0.1, 0.15) is 11.4 Å². The molecule has 1 aromatic rings. The average Bonchev–Trinajstić information content (AvgIpc) is 2.50. The zero-order valence-corrected chi connectivity index (χ0v) is 16.8. The Kier molecular flexibility index (Phi) is 5.69. The number of esters is 1. The van der Waals surface area contributed by atoms with Gasteiger partial charge in [-0.25, -0.2) is 0 Å². The number of hydrogen-bond donors (Lipinski definition) is 1. The molecule has 1 heterocycles. The van der Waals surface area contributed by atoms with Crippen molar-refractivity contribution in [1.82, 2.24) is 0 Å². The number of phenolic OH excluding ortho intramolecular Hbond substituents is 1. The highest BCUT2D eigenvalue weighted by Gasteiger charge is 2.38. The van der Waals surface area contributed by atoms with Gasteiger partial charge < -0.3 is 14.7 Å². The number of aldehydes is 1. The largest absolute Gasteiger partial charge is 0.507 e. The third-order valence-electron chi connectivity index (χ3n) is 5.26. The number of aromatic hydroxyl groups is 1. The molecule has 0 fully saturated rings. The van der Waals surface area contributed by atoms with E-state index >= 15 is 0 Å². The van der Waals surface area contributed by atoms with Crippen molar-refractivity contribution in [3.8, 4) is 5.75 Å². The van der Waals surface area contributed by atoms with Crippen molar-refractivity contribution >= 4 is 17.9 Å². The van der Waals surface area contributed by atoms with Crippen molar-refractivity contribution in [2.45, 2.75) is 71.9 Å².